The third-order valence-corrected chi connectivity index (χ3v) is 6.69. The van der Waals surface area contributed by atoms with Crippen LogP contribution in [0.25, 0.3) is 0 Å². The van der Waals surface area contributed by atoms with Gasteiger partial charge in [-0.2, -0.15) is 0 Å². The summed E-state index contributed by atoms with van der Waals surface area (Å²) in [4.78, 5) is 52.8. The van der Waals surface area contributed by atoms with Gasteiger partial charge in [0.1, 0.15) is 0 Å². The highest BCUT2D eigenvalue weighted by molar-refractivity contribution is 6.76. The van der Waals surface area contributed by atoms with Crippen LogP contribution in [0.5, 0.6) is 0 Å². The Morgan fingerprint density at radius 1 is 0.636 bits per heavy atom. The molecule has 44 heavy (non-hydrogen) atoms. The van der Waals surface area contributed by atoms with Crippen molar-refractivity contribution in [2.45, 2.75) is 34.5 Å². The van der Waals surface area contributed by atoms with E-state index < -0.39 is 64.3 Å². The van der Waals surface area contributed by atoms with Crippen molar-refractivity contribution < 1.29 is 47.6 Å². The van der Waals surface area contributed by atoms with Gasteiger partial charge in [0.05, 0.1) is 23.8 Å². The van der Waals surface area contributed by atoms with Crippen LogP contribution in [0.3, 0.4) is 0 Å². The number of hydrogen-bond donors (Lipinski definition) is 1. The van der Waals surface area contributed by atoms with Crippen LogP contribution in [-0.4, -0.2) is 71.4 Å². The van der Waals surface area contributed by atoms with E-state index in [-0.39, 0.29) is 16.7 Å². The van der Waals surface area contributed by atoms with Crippen LogP contribution in [0, 0.1) is 5.41 Å². The Morgan fingerprint density at radius 2 is 1.02 bits per heavy atom. The largest absolute Gasteiger partial charge is 0.467 e. The van der Waals surface area contributed by atoms with Crippen molar-refractivity contribution in [1.29, 1.82) is 5.41 Å². The van der Waals surface area contributed by atoms with E-state index >= 15 is 0 Å². The van der Waals surface area contributed by atoms with Gasteiger partial charge in [-0.15, -0.1) is 0 Å². The first-order valence-electron chi connectivity index (χ1n) is 12.8. The summed E-state index contributed by atoms with van der Waals surface area (Å²) in [6.45, 7) is 0. The summed E-state index contributed by atoms with van der Waals surface area (Å²) in [5, 5.41) is 8.10. The fourth-order valence-corrected chi connectivity index (χ4v) is 4.21. The second-order valence-corrected chi connectivity index (χ2v) is 11.4. The van der Waals surface area contributed by atoms with Gasteiger partial charge in [-0.3, -0.25) is 5.41 Å². The first-order valence-corrected chi connectivity index (χ1v) is 14.0. The zero-order valence-corrected chi connectivity index (χ0v) is 25.0. The summed E-state index contributed by atoms with van der Waals surface area (Å²) in [5.74, 6) is -4.89. The molecule has 0 radical (unpaired) electrons. The predicted molar refractivity (Wildman–Crippen MR) is 157 cm³/mol. The molecular formula is C30H24Cl3NO10. The van der Waals surface area contributed by atoms with Gasteiger partial charge >= 0.3 is 23.9 Å². The molecule has 1 fully saturated rings. The Hall–Kier alpha value is -4.16. The molecule has 0 bridgehead atoms. The number of alkyl halides is 3. The fourth-order valence-electron chi connectivity index (χ4n) is 4.08. The molecule has 1 saturated heterocycles. The van der Waals surface area contributed by atoms with E-state index in [0.29, 0.717) is 0 Å². The second-order valence-electron chi connectivity index (χ2n) is 9.10. The third-order valence-electron chi connectivity index (χ3n) is 6.18. The molecule has 11 nitrogen and oxygen atoms in total. The van der Waals surface area contributed by atoms with E-state index in [9.17, 15) is 19.2 Å². The number of halogens is 3. The zero-order chi connectivity index (χ0) is 31.9. The van der Waals surface area contributed by atoms with Gasteiger partial charge < -0.3 is 28.4 Å². The highest BCUT2D eigenvalue weighted by Crippen LogP contribution is 2.35. The lowest BCUT2D eigenvalue weighted by molar-refractivity contribution is -0.274. The van der Waals surface area contributed by atoms with Gasteiger partial charge in [0, 0.05) is 0 Å². The van der Waals surface area contributed by atoms with Gasteiger partial charge in [0.2, 0.25) is 18.3 Å². The number of esters is 4. The van der Waals surface area contributed by atoms with Crippen LogP contribution < -0.4 is 0 Å². The smallest absolute Gasteiger partial charge is 0.339 e. The maximum absolute atomic E-state index is 13.3. The molecule has 0 amide bonds. The number of methoxy groups -OCH3 is 1. The SMILES string of the molecule is COC(=O)[C@H]1O[C@@H](OC(=N)C(Cl)(Cl)Cl)[C@H](OC(=O)c2ccccc2)[C@@H](OC(=O)c2ccccc2)[C@@H]1OC(=O)c1ccccc1. The molecule has 1 heterocycles. The Balaban J connectivity index is 1.81. The maximum atomic E-state index is 13.3. The standard InChI is InChI=1S/C30H24Cl3NO10/c1-39-27(38)22-20(40-24(35)17-11-5-2-6-12-17)21(41-25(36)18-13-7-3-8-14-18)23(28(43-22)44-29(34)30(31,32)33)42-26(37)19-15-9-4-10-16-19/h2-16,20-23,28,34H,1H3/t20-,21-,22-,23+,28-/m0/s1. The number of carbonyl (C=O) groups excluding carboxylic acids is 4. The number of rotatable bonds is 8. The molecule has 0 spiro atoms. The minimum atomic E-state index is -2.41. The lowest BCUT2D eigenvalue weighted by Gasteiger charge is -2.43. The number of hydrogen-bond acceptors (Lipinski definition) is 11. The highest BCUT2D eigenvalue weighted by atomic mass is 35.6. The average molecular weight is 665 g/mol. The maximum Gasteiger partial charge on any atom is 0.339 e. The van der Waals surface area contributed by atoms with Crippen LogP contribution in [0.2, 0.25) is 0 Å². The summed E-state index contributed by atoms with van der Waals surface area (Å²) in [7, 11) is 1.04. The molecule has 1 aliphatic heterocycles. The zero-order valence-electron chi connectivity index (χ0n) is 22.8. The van der Waals surface area contributed by atoms with Crippen LogP contribution in [0.15, 0.2) is 91.0 Å². The van der Waals surface area contributed by atoms with E-state index in [1.54, 1.807) is 54.6 Å². The van der Waals surface area contributed by atoms with Gasteiger partial charge in [-0.25, -0.2) is 19.2 Å². The summed E-state index contributed by atoms with van der Waals surface area (Å²) in [6, 6.07) is 23.1. The summed E-state index contributed by atoms with van der Waals surface area (Å²) < 4.78 is 30.8. The van der Waals surface area contributed by atoms with E-state index in [0.717, 1.165) is 7.11 Å². The molecule has 1 aliphatic rings. The number of benzene rings is 3. The molecule has 3 aromatic carbocycles. The van der Waals surface area contributed by atoms with Crippen molar-refractivity contribution in [2.24, 2.45) is 0 Å². The lowest BCUT2D eigenvalue weighted by atomic mass is 9.97. The average Bonchev–Trinajstić information content (AvgIpc) is 3.03. The van der Waals surface area contributed by atoms with Crippen molar-refractivity contribution in [1.82, 2.24) is 0 Å². The molecule has 0 unspecified atom stereocenters. The quantitative estimate of drug-likeness (QED) is 0.116. The van der Waals surface area contributed by atoms with E-state index in [1.807, 2.05) is 0 Å². The molecule has 14 heteroatoms. The topological polar surface area (TPSA) is 148 Å². The monoisotopic (exact) mass is 663 g/mol. The highest BCUT2D eigenvalue weighted by Gasteiger charge is 2.57. The van der Waals surface area contributed by atoms with E-state index in [2.05, 4.69) is 0 Å². The first-order chi connectivity index (χ1) is 21.0. The van der Waals surface area contributed by atoms with Crippen molar-refractivity contribution in [3.05, 3.63) is 108 Å². The Kier molecular flexibility index (Phi) is 10.8. The Morgan fingerprint density at radius 3 is 1.41 bits per heavy atom. The van der Waals surface area contributed by atoms with Crippen molar-refractivity contribution >= 4 is 64.6 Å². The van der Waals surface area contributed by atoms with Crippen LogP contribution >= 0.6 is 34.8 Å². The predicted octanol–water partition coefficient (Wildman–Crippen LogP) is 4.93. The number of nitrogens with one attached hydrogen (secondary N) is 1. The normalized spacial score (nSPS) is 21.3. The van der Waals surface area contributed by atoms with Gasteiger partial charge in [0.25, 0.3) is 3.79 Å². The van der Waals surface area contributed by atoms with E-state index in [4.69, 9.17) is 68.6 Å². The van der Waals surface area contributed by atoms with Crippen molar-refractivity contribution in [3.63, 3.8) is 0 Å². The van der Waals surface area contributed by atoms with Gasteiger partial charge in [-0.05, 0) is 36.4 Å². The minimum Gasteiger partial charge on any atom is -0.467 e. The van der Waals surface area contributed by atoms with Crippen LogP contribution in [0.4, 0.5) is 0 Å². The number of ether oxygens (including phenoxy) is 6. The second kappa shape index (κ2) is 14.5. The lowest BCUT2D eigenvalue weighted by Crippen LogP contribution is -2.64. The fraction of sp³-hybridized carbons (Fsp3) is 0.233. The van der Waals surface area contributed by atoms with Crippen molar-refractivity contribution in [2.75, 3.05) is 7.11 Å². The molecule has 230 valence electrons. The third kappa shape index (κ3) is 8.06. The molecule has 1 N–H and O–H groups in total. The summed E-state index contributed by atoms with van der Waals surface area (Å²) >= 11 is 17.4. The summed E-state index contributed by atoms with van der Waals surface area (Å²) in [6.07, 6.45) is -9.08. The van der Waals surface area contributed by atoms with E-state index in [1.165, 1.54) is 36.4 Å². The van der Waals surface area contributed by atoms with Crippen LogP contribution in [-0.2, 0) is 33.2 Å². The molecular weight excluding hydrogens is 641 g/mol. The molecule has 0 aromatic heterocycles. The molecule has 4 rings (SSSR count). The molecule has 3 aromatic rings. The Labute approximate surface area is 266 Å². The first kappa shape index (κ1) is 32.7. The van der Waals surface area contributed by atoms with Gasteiger partial charge in [-0.1, -0.05) is 89.4 Å². The number of carbonyl (C=O) groups is 4. The van der Waals surface area contributed by atoms with Gasteiger partial charge in [0.15, 0.2) is 18.3 Å². The molecule has 0 aliphatic carbocycles. The Bertz CT molecular complexity index is 1490. The minimum absolute atomic E-state index is 0.0707. The molecule has 0 saturated carbocycles. The summed E-state index contributed by atoms with van der Waals surface area (Å²) in [5.41, 5.74) is 0.226. The van der Waals surface area contributed by atoms with Crippen LogP contribution in [0.1, 0.15) is 31.1 Å². The van der Waals surface area contributed by atoms with Crippen molar-refractivity contribution in [3.8, 4) is 0 Å². The molecule has 5 atom stereocenters.